The van der Waals surface area contributed by atoms with E-state index in [0.29, 0.717) is 18.7 Å². The van der Waals surface area contributed by atoms with Gasteiger partial charge in [-0.05, 0) is 36.7 Å². The molecule has 0 saturated heterocycles. The predicted octanol–water partition coefficient (Wildman–Crippen LogP) is 3.73. The average Bonchev–Trinajstić information content (AvgIpc) is 3.48. The average molecular weight is 564 g/mol. The standard InChI is InChI=1S/C22H21IN4O4S/c1-26(13-15-5-4-10-32-15)21-18(22(29)30-9-8-27(2)23)19(28)17(31-21)11-14-12-25-20-16(14)6-3-7-24-20/h3-7,10-12H,8-9,13H2,1-2H3,(H,24,25)/b17-11-. The molecule has 32 heavy (non-hydrogen) atoms. The molecule has 166 valence electrons. The number of hydrogen-bond donors (Lipinski definition) is 1. The molecule has 1 aliphatic heterocycles. The predicted molar refractivity (Wildman–Crippen MR) is 131 cm³/mol. The third-order valence-electron chi connectivity index (χ3n) is 4.80. The van der Waals surface area contributed by atoms with Gasteiger partial charge in [-0.25, -0.2) is 12.9 Å². The van der Waals surface area contributed by atoms with Gasteiger partial charge in [0.2, 0.25) is 11.7 Å². The minimum Gasteiger partial charge on any atom is -0.460 e. The fourth-order valence-electron chi connectivity index (χ4n) is 3.25. The third kappa shape index (κ3) is 4.87. The van der Waals surface area contributed by atoms with Crippen LogP contribution in [-0.4, -0.2) is 57.0 Å². The number of carbonyl (C=O) groups excluding carboxylic acids is 2. The number of Topliss-reactive ketones (excluding diaryl/α,β-unsaturated/α-hetero) is 1. The number of nitrogens with zero attached hydrogens (tertiary/aromatic N) is 3. The van der Waals surface area contributed by atoms with Crippen LogP contribution in [-0.2, 0) is 25.6 Å². The Morgan fingerprint density at radius 2 is 2.19 bits per heavy atom. The number of ether oxygens (including phenoxy) is 2. The van der Waals surface area contributed by atoms with Gasteiger partial charge in [0.25, 0.3) is 0 Å². The van der Waals surface area contributed by atoms with Crippen molar-refractivity contribution in [1.82, 2.24) is 18.0 Å². The van der Waals surface area contributed by atoms with E-state index in [-0.39, 0.29) is 23.8 Å². The number of allylic oxidation sites excluding steroid dienone is 1. The van der Waals surface area contributed by atoms with Crippen LogP contribution in [0, 0.1) is 0 Å². The lowest BCUT2D eigenvalue weighted by Gasteiger charge is -2.19. The van der Waals surface area contributed by atoms with Crippen LogP contribution in [0.4, 0.5) is 0 Å². The van der Waals surface area contributed by atoms with E-state index in [2.05, 4.69) is 32.8 Å². The lowest BCUT2D eigenvalue weighted by Crippen LogP contribution is -2.23. The van der Waals surface area contributed by atoms with Gasteiger partial charge in [-0.2, -0.15) is 0 Å². The Morgan fingerprint density at radius 3 is 2.94 bits per heavy atom. The van der Waals surface area contributed by atoms with Crippen molar-refractivity contribution in [3.05, 3.63) is 69.7 Å². The van der Waals surface area contributed by atoms with Crippen LogP contribution in [0.3, 0.4) is 0 Å². The number of nitrogens with one attached hydrogen (secondary N) is 1. The van der Waals surface area contributed by atoms with E-state index < -0.39 is 11.8 Å². The van der Waals surface area contributed by atoms with Crippen LogP contribution in [0.5, 0.6) is 0 Å². The number of H-pyrrole nitrogens is 1. The van der Waals surface area contributed by atoms with Crippen LogP contribution >= 0.6 is 34.2 Å². The highest BCUT2D eigenvalue weighted by Crippen LogP contribution is 2.31. The zero-order valence-electron chi connectivity index (χ0n) is 17.5. The van der Waals surface area contributed by atoms with E-state index in [1.54, 1.807) is 41.8 Å². The Morgan fingerprint density at radius 1 is 1.34 bits per heavy atom. The van der Waals surface area contributed by atoms with Gasteiger partial charge < -0.3 is 19.4 Å². The lowest BCUT2D eigenvalue weighted by molar-refractivity contribution is -0.140. The summed E-state index contributed by atoms with van der Waals surface area (Å²) >= 11 is 3.69. The number of fused-ring (bicyclic) bond motifs is 1. The second-order valence-corrected chi connectivity index (χ2v) is 9.84. The molecule has 0 bridgehead atoms. The van der Waals surface area contributed by atoms with E-state index >= 15 is 0 Å². The molecule has 0 fully saturated rings. The maximum Gasteiger partial charge on any atom is 0.347 e. The van der Waals surface area contributed by atoms with Gasteiger partial charge >= 0.3 is 5.97 Å². The first-order valence-corrected chi connectivity index (χ1v) is 11.7. The number of pyridine rings is 1. The van der Waals surface area contributed by atoms with E-state index in [1.807, 2.05) is 39.8 Å². The largest absolute Gasteiger partial charge is 0.460 e. The molecule has 8 nitrogen and oxygen atoms in total. The van der Waals surface area contributed by atoms with Crippen molar-refractivity contribution >= 4 is 63.1 Å². The first-order valence-electron chi connectivity index (χ1n) is 9.82. The van der Waals surface area contributed by atoms with Gasteiger partial charge in [0.15, 0.2) is 11.3 Å². The van der Waals surface area contributed by atoms with Crippen molar-refractivity contribution in [2.75, 3.05) is 27.2 Å². The number of aromatic nitrogens is 2. The number of aromatic amines is 1. The molecular weight excluding hydrogens is 543 g/mol. The maximum atomic E-state index is 13.2. The number of rotatable bonds is 8. The summed E-state index contributed by atoms with van der Waals surface area (Å²) in [5.74, 6) is -0.921. The van der Waals surface area contributed by atoms with E-state index in [4.69, 9.17) is 9.47 Å². The zero-order chi connectivity index (χ0) is 22.7. The molecule has 4 heterocycles. The van der Waals surface area contributed by atoms with Crippen molar-refractivity contribution < 1.29 is 19.1 Å². The van der Waals surface area contributed by atoms with Crippen LogP contribution < -0.4 is 0 Å². The fraction of sp³-hybridized carbons (Fsp3) is 0.227. The molecular formula is C22H21IN4O4S. The van der Waals surface area contributed by atoms with Crippen molar-refractivity contribution in [2.45, 2.75) is 6.54 Å². The summed E-state index contributed by atoms with van der Waals surface area (Å²) in [5, 5.41) is 2.83. The fourth-order valence-corrected chi connectivity index (χ4v) is 4.20. The van der Waals surface area contributed by atoms with Gasteiger partial charge in [0, 0.05) is 64.7 Å². The quantitative estimate of drug-likeness (QED) is 0.147. The Hall–Kier alpha value is -2.70. The number of halogens is 1. The molecule has 3 aromatic rings. The lowest BCUT2D eigenvalue weighted by atomic mass is 10.1. The van der Waals surface area contributed by atoms with Crippen molar-refractivity contribution in [2.24, 2.45) is 0 Å². The zero-order valence-corrected chi connectivity index (χ0v) is 20.5. The van der Waals surface area contributed by atoms with Crippen LogP contribution in [0.2, 0.25) is 0 Å². The molecule has 10 heteroatoms. The molecule has 3 aromatic heterocycles. The van der Waals surface area contributed by atoms with E-state index in [1.165, 1.54) is 0 Å². The van der Waals surface area contributed by atoms with Crippen molar-refractivity contribution in [3.8, 4) is 0 Å². The minimum atomic E-state index is -0.690. The molecule has 0 unspecified atom stereocenters. The van der Waals surface area contributed by atoms with Gasteiger partial charge in [-0.15, -0.1) is 11.3 Å². The highest BCUT2D eigenvalue weighted by atomic mass is 127. The summed E-state index contributed by atoms with van der Waals surface area (Å²) in [6.45, 7) is 1.21. The van der Waals surface area contributed by atoms with Gasteiger partial charge in [0.05, 0.1) is 6.54 Å². The summed E-state index contributed by atoms with van der Waals surface area (Å²) in [5.41, 5.74) is 1.36. The molecule has 0 atom stereocenters. The summed E-state index contributed by atoms with van der Waals surface area (Å²) in [4.78, 5) is 36.2. The molecule has 0 aliphatic carbocycles. The second kappa shape index (κ2) is 9.84. The smallest absolute Gasteiger partial charge is 0.347 e. The van der Waals surface area contributed by atoms with Crippen LogP contribution in [0.25, 0.3) is 17.1 Å². The number of esters is 1. The minimum absolute atomic E-state index is 0.0701. The number of hydrogen-bond acceptors (Lipinski definition) is 8. The normalized spacial score (nSPS) is 15.1. The molecule has 0 aromatic carbocycles. The van der Waals surface area contributed by atoms with E-state index in [0.717, 1.165) is 15.8 Å². The monoisotopic (exact) mass is 564 g/mol. The highest BCUT2D eigenvalue weighted by molar-refractivity contribution is 14.1. The topological polar surface area (TPSA) is 87.8 Å². The number of likely N-dealkylation sites (N-methyl/N-ethyl adjacent to an activating group) is 1. The molecule has 0 radical (unpaired) electrons. The first kappa shape index (κ1) is 22.5. The van der Waals surface area contributed by atoms with Crippen molar-refractivity contribution in [1.29, 1.82) is 0 Å². The Labute approximate surface area is 203 Å². The SMILES string of the molecule is CN(I)CCOC(=O)C1=C(N(C)Cc2cccs2)O/C(=C\c2c[nH]c3ncccc23)C1=O. The highest BCUT2D eigenvalue weighted by Gasteiger charge is 2.38. The second-order valence-electron chi connectivity index (χ2n) is 7.16. The van der Waals surface area contributed by atoms with E-state index in [9.17, 15) is 9.59 Å². The molecule has 0 saturated carbocycles. The Bertz CT molecular complexity index is 1200. The Kier molecular flexibility index (Phi) is 6.92. The molecule has 0 spiro atoms. The summed E-state index contributed by atoms with van der Waals surface area (Å²) in [6, 6.07) is 7.66. The molecule has 1 aliphatic rings. The first-order chi connectivity index (χ1) is 15.4. The van der Waals surface area contributed by atoms with Gasteiger partial charge in [-0.1, -0.05) is 6.07 Å². The number of carbonyl (C=O) groups is 2. The number of thiophene rings is 1. The summed E-state index contributed by atoms with van der Waals surface area (Å²) in [6.07, 6.45) is 5.07. The third-order valence-corrected chi connectivity index (χ3v) is 6.14. The van der Waals surface area contributed by atoms with Crippen molar-refractivity contribution in [3.63, 3.8) is 0 Å². The number of ketones is 1. The molecule has 1 N–H and O–H groups in total. The molecule has 0 amide bonds. The Balaban J connectivity index is 1.64. The van der Waals surface area contributed by atoms with Gasteiger partial charge in [0.1, 0.15) is 12.3 Å². The summed E-state index contributed by atoms with van der Waals surface area (Å²) < 4.78 is 13.2. The molecule has 4 rings (SSSR count). The maximum absolute atomic E-state index is 13.2. The van der Waals surface area contributed by atoms with Crippen LogP contribution in [0.15, 0.2) is 59.3 Å². The van der Waals surface area contributed by atoms with Gasteiger partial charge in [-0.3, -0.25) is 4.79 Å². The van der Waals surface area contributed by atoms with Crippen LogP contribution in [0.1, 0.15) is 10.4 Å². The summed E-state index contributed by atoms with van der Waals surface area (Å²) in [7, 11) is 3.65.